The summed E-state index contributed by atoms with van der Waals surface area (Å²) in [6.45, 7) is 5.76. The molecule has 27 heavy (non-hydrogen) atoms. The van der Waals surface area contributed by atoms with E-state index in [0.717, 1.165) is 49.7 Å². The largest absolute Gasteiger partial charge is 0.342 e. The molecule has 0 aliphatic carbocycles. The lowest BCUT2D eigenvalue weighted by molar-refractivity contribution is -0.132. The number of fused-ring (bicyclic) bond motifs is 1. The number of likely N-dealkylation sites (tertiary alicyclic amines) is 1. The van der Waals surface area contributed by atoms with E-state index >= 15 is 0 Å². The average molecular weight is 383 g/mol. The van der Waals surface area contributed by atoms with Crippen molar-refractivity contribution in [2.24, 2.45) is 0 Å². The van der Waals surface area contributed by atoms with Crippen molar-refractivity contribution in [3.63, 3.8) is 0 Å². The lowest BCUT2D eigenvalue weighted by Gasteiger charge is -2.31. The Morgan fingerprint density at radius 1 is 1.33 bits per heavy atom. The summed E-state index contributed by atoms with van der Waals surface area (Å²) < 4.78 is 2.15. The Labute approximate surface area is 164 Å². The van der Waals surface area contributed by atoms with E-state index in [9.17, 15) is 4.79 Å². The maximum absolute atomic E-state index is 12.2. The SMILES string of the molecule is CCC(=O)N1CCC[C@@H](c2nc(Nc3ccccc3CC)n3ccsc23)C1. The maximum atomic E-state index is 12.2. The third kappa shape index (κ3) is 3.46. The highest BCUT2D eigenvalue weighted by atomic mass is 32.1. The van der Waals surface area contributed by atoms with Crippen LogP contribution in [0.25, 0.3) is 4.83 Å². The zero-order valence-corrected chi connectivity index (χ0v) is 16.8. The summed E-state index contributed by atoms with van der Waals surface area (Å²) in [4.78, 5) is 20.3. The van der Waals surface area contributed by atoms with Crippen molar-refractivity contribution in [2.45, 2.75) is 45.4 Å². The number of para-hydroxylation sites is 1. The van der Waals surface area contributed by atoms with Gasteiger partial charge in [0.15, 0.2) is 0 Å². The number of nitrogens with zero attached hydrogens (tertiary/aromatic N) is 3. The van der Waals surface area contributed by atoms with E-state index in [-0.39, 0.29) is 5.91 Å². The van der Waals surface area contributed by atoms with E-state index in [1.165, 1.54) is 10.4 Å². The molecule has 5 nitrogen and oxygen atoms in total. The lowest BCUT2D eigenvalue weighted by Crippen LogP contribution is -2.38. The van der Waals surface area contributed by atoms with Gasteiger partial charge in [-0.15, -0.1) is 11.3 Å². The minimum Gasteiger partial charge on any atom is -0.342 e. The molecular weight excluding hydrogens is 356 g/mol. The van der Waals surface area contributed by atoms with Crippen molar-refractivity contribution in [3.8, 4) is 0 Å². The van der Waals surface area contributed by atoms with E-state index in [1.54, 1.807) is 11.3 Å². The first-order valence-corrected chi connectivity index (χ1v) is 10.7. The van der Waals surface area contributed by atoms with Gasteiger partial charge in [0.2, 0.25) is 11.9 Å². The Hall–Kier alpha value is -2.34. The summed E-state index contributed by atoms with van der Waals surface area (Å²) in [5.41, 5.74) is 3.51. The molecule has 1 atom stereocenters. The van der Waals surface area contributed by atoms with Gasteiger partial charge in [0.05, 0.1) is 5.69 Å². The molecule has 1 fully saturated rings. The van der Waals surface area contributed by atoms with Crippen LogP contribution in [0.5, 0.6) is 0 Å². The van der Waals surface area contributed by atoms with Gasteiger partial charge in [-0.25, -0.2) is 4.98 Å². The van der Waals surface area contributed by atoms with E-state index in [0.29, 0.717) is 12.3 Å². The number of aryl methyl sites for hydroxylation is 1. The highest BCUT2D eigenvalue weighted by Gasteiger charge is 2.28. The van der Waals surface area contributed by atoms with Gasteiger partial charge in [0, 0.05) is 42.7 Å². The third-order valence-corrected chi connectivity index (χ3v) is 6.28. The second-order valence-electron chi connectivity index (χ2n) is 7.07. The second kappa shape index (κ2) is 7.72. The molecule has 4 rings (SSSR count). The monoisotopic (exact) mass is 382 g/mol. The topological polar surface area (TPSA) is 49.6 Å². The van der Waals surface area contributed by atoms with Crippen LogP contribution in [0.2, 0.25) is 0 Å². The minimum atomic E-state index is 0.247. The summed E-state index contributed by atoms with van der Waals surface area (Å²) in [5, 5.41) is 5.64. The van der Waals surface area contributed by atoms with Crippen LogP contribution in [0.1, 0.15) is 50.3 Å². The molecular formula is C21H26N4OS. The molecule has 3 heterocycles. The number of benzene rings is 1. The zero-order valence-electron chi connectivity index (χ0n) is 15.9. The van der Waals surface area contributed by atoms with Gasteiger partial charge >= 0.3 is 0 Å². The molecule has 0 saturated carbocycles. The van der Waals surface area contributed by atoms with E-state index < -0.39 is 0 Å². The Bertz CT molecular complexity index is 945. The molecule has 1 aliphatic rings. The summed E-state index contributed by atoms with van der Waals surface area (Å²) >= 11 is 1.72. The van der Waals surface area contributed by atoms with Gasteiger partial charge in [-0.2, -0.15) is 0 Å². The van der Waals surface area contributed by atoms with Crippen LogP contribution in [-0.4, -0.2) is 33.3 Å². The molecule has 1 aliphatic heterocycles. The van der Waals surface area contributed by atoms with Gasteiger partial charge in [-0.3, -0.25) is 9.20 Å². The lowest BCUT2D eigenvalue weighted by atomic mass is 9.95. The molecule has 1 N–H and O–H groups in total. The summed E-state index contributed by atoms with van der Waals surface area (Å²) in [7, 11) is 0. The van der Waals surface area contributed by atoms with Crippen LogP contribution >= 0.6 is 11.3 Å². The first-order chi connectivity index (χ1) is 13.2. The molecule has 0 unspecified atom stereocenters. The van der Waals surface area contributed by atoms with E-state index in [4.69, 9.17) is 4.98 Å². The minimum absolute atomic E-state index is 0.247. The number of aromatic nitrogens is 2. The highest BCUT2D eigenvalue weighted by molar-refractivity contribution is 7.15. The Morgan fingerprint density at radius 2 is 2.19 bits per heavy atom. The fourth-order valence-corrected chi connectivity index (χ4v) is 4.83. The molecule has 0 bridgehead atoms. The number of anilines is 2. The van der Waals surface area contributed by atoms with Crippen molar-refractivity contribution in [1.82, 2.24) is 14.3 Å². The Kier molecular flexibility index (Phi) is 5.16. The van der Waals surface area contributed by atoms with Gasteiger partial charge in [0.1, 0.15) is 4.83 Å². The first-order valence-electron chi connectivity index (χ1n) is 9.79. The number of hydrogen-bond acceptors (Lipinski definition) is 4. The molecule has 1 amide bonds. The average Bonchev–Trinajstić information content (AvgIpc) is 3.32. The number of hydrogen-bond donors (Lipinski definition) is 1. The van der Waals surface area contributed by atoms with Crippen molar-refractivity contribution in [1.29, 1.82) is 0 Å². The Balaban J connectivity index is 1.65. The molecule has 1 aromatic carbocycles. The first kappa shape index (κ1) is 18.0. The number of nitrogens with one attached hydrogen (secondary N) is 1. The van der Waals surface area contributed by atoms with Crippen LogP contribution in [0.15, 0.2) is 35.8 Å². The quantitative estimate of drug-likeness (QED) is 0.688. The summed E-state index contributed by atoms with van der Waals surface area (Å²) in [6.07, 6.45) is 5.76. The molecule has 142 valence electrons. The van der Waals surface area contributed by atoms with Gasteiger partial charge in [-0.05, 0) is 30.9 Å². The smallest absolute Gasteiger partial charge is 0.222 e. The number of rotatable bonds is 5. The summed E-state index contributed by atoms with van der Waals surface area (Å²) in [6, 6.07) is 8.38. The third-order valence-electron chi connectivity index (χ3n) is 5.39. The van der Waals surface area contributed by atoms with Gasteiger partial charge < -0.3 is 10.2 Å². The number of amides is 1. The molecule has 6 heteroatoms. The van der Waals surface area contributed by atoms with Crippen LogP contribution in [0, 0.1) is 0 Å². The fraction of sp³-hybridized carbons (Fsp3) is 0.429. The van der Waals surface area contributed by atoms with Crippen LogP contribution in [0.3, 0.4) is 0 Å². The zero-order chi connectivity index (χ0) is 18.8. The van der Waals surface area contributed by atoms with Crippen LogP contribution in [0.4, 0.5) is 11.6 Å². The predicted octanol–water partition coefficient (Wildman–Crippen LogP) is 4.82. The van der Waals surface area contributed by atoms with Gasteiger partial charge in [-0.1, -0.05) is 32.0 Å². The number of thiazole rings is 1. The van der Waals surface area contributed by atoms with E-state index in [1.807, 2.05) is 11.8 Å². The Morgan fingerprint density at radius 3 is 3.00 bits per heavy atom. The summed E-state index contributed by atoms with van der Waals surface area (Å²) in [5.74, 6) is 1.41. The van der Waals surface area contributed by atoms with Crippen molar-refractivity contribution < 1.29 is 4.79 Å². The molecule has 3 aromatic rings. The van der Waals surface area contributed by atoms with Crippen molar-refractivity contribution in [3.05, 3.63) is 47.1 Å². The number of piperidine rings is 1. The van der Waals surface area contributed by atoms with Gasteiger partial charge in [0.25, 0.3) is 0 Å². The number of carbonyl (C=O) groups is 1. The van der Waals surface area contributed by atoms with Crippen LogP contribution in [-0.2, 0) is 11.2 Å². The number of imidazole rings is 1. The molecule has 1 saturated heterocycles. The molecule has 0 radical (unpaired) electrons. The van der Waals surface area contributed by atoms with Crippen LogP contribution < -0.4 is 5.32 Å². The second-order valence-corrected chi connectivity index (χ2v) is 7.96. The van der Waals surface area contributed by atoms with Crippen molar-refractivity contribution >= 4 is 33.7 Å². The molecule has 0 spiro atoms. The number of carbonyl (C=O) groups excluding carboxylic acids is 1. The van der Waals surface area contributed by atoms with E-state index in [2.05, 4.69) is 52.5 Å². The van der Waals surface area contributed by atoms with Crippen molar-refractivity contribution in [2.75, 3.05) is 18.4 Å². The predicted molar refractivity (Wildman–Crippen MR) is 111 cm³/mol. The molecule has 2 aromatic heterocycles. The highest BCUT2D eigenvalue weighted by Crippen LogP contribution is 2.34. The normalized spacial score (nSPS) is 17.4. The standard InChI is InChI=1S/C21H26N4OS/c1-3-15-8-5-6-10-17(15)22-21-23-19(20-25(21)12-13-27-20)16-9-7-11-24(14-16)18(26)4-2/h5-6,8,10,12-13,16H,3-4,7,9,11,14H2,1-2H3,(H,22,23)/t16-/m1/s1. The fourth-order valence-electron chi connectivity index (χ4n) is 3.92. The maximum Gasteiger partial charge on any atom is 0.222 e.